The Morgan fingerprint density at radius 3 is 2.45 bits per heavy atom. The number of nitrogens with one attached hydrogen (secondary N) is 1. The summed E-state index contributed by atoms with van der Waals surface area (Å²) in [5.74, 6) is 0.752. The lowest BCUT2D eigenvalue weighted by Crippen LogP contribution is -2.44. The van der Waals surface area contributed by atoms with Gasteiger partial charge < -0.3 is 19.5 Å². The third-order valence-electron chi connectivity index (χ3n) is 5.62. The number of hydrogen-bond acceptors (Lipinski definition) is 5. The number of fused-ring (bicyclic) bond motifs is 1. The van der Waals surface area contributed by atoms with Crippen molar-refractivity contribution in [2.45, 2.75) is 18.6 Å². The van der Waals surface area contributed by atoms with Crippen LogP contribution < -0.4 is 14.8 Å². The highest BCUT2D eigenvalue weighted by Gasteiger charge is 2.31. The minimum atomic E-state index is -4.40. The Morgan fingerprint density at radius 1 is 1.06 bits per heavy atom. The zero-order valence-corrected chi connectivity index (χ0v) is 18.5. The third-order valence-corrected chi connectivity index (χ3v) is 5.90. The Kier molecular flexibility index (Phi) is 7.31. The number of carbonyl (C=O) groups excluding carboxylic acids is 1. The van der Waals surface area contributed by atoms with Crippen LogP contribution in [0, 0.1) is 0 Å². The van der Waals surface area contributed by atoms with Gasteiger partial charge >= 0.3 is 6.18 Å². The molecule has 1 N–H and O–H groups in total. The van der Waals surface area contributed by atoms with Crippen LogP contribution in [0.1, 0.15) is 22.7 Å². The molecule has 1 unspecified atom stereocenters. The molecule has 0 saturated carbocycles. The van der Waals surface area contributed by atoms with Crippen molar-refractivity contribution in [1.82, 2.24) is 10.2 Å². The summed E-state index contributed by atoms with van der Waals surface area (Å²) in [5, 5.41) is 3.29. The van der Waals surface area contributed by atoms with Crippen LogP contribution in [0.25, 0.3) is 0 Å². The summed E-state index contributed by atoms with van der Waals surface area (Å²) in [5.41, 5.74) is 0.679. The summed E-state index contributed by atoms with van der Waals surface area (Å²) in [6, 6.07) is 8.21. The van der Waals surface area contributed by atoms with E-state index < -0.39 is 11.7 Å². The Morgan fingerprint density at radius 2 is 1.76 bits per heavy atom. The second-order valence-corrected chi connectivity index (χ2v) is 8.27. The number of halogens is 4. The van der Waals surface area contributed by atoms with Crippen LogP contribution in [-0.4, -0.2) is 56.9 Å². The van der Waals surface area contributed by atoms with Crippen LogP contribution >= 0.6 is 11.6 Å². The van der Waals surface area contributed by atoms with Gasteiger partial charge in [-0.05, 0) is 35.4 Å². The van der Waals surface area contributed by atoms with Gasteiger partial charge in [0.2, 0.25) is 5.91 Å². The predicted molar refractivity (Wildman–Crippen MR) is 116 cm³/mol. The summed E-state index contributed by atoms with van der Waals surface area (Å²) in [6.07, 6.45) is -4.31. The number of hydrogen-bond donors (Lipinski definition) is 1. The van der Waals surface area contributed by atoms with Crippen molar-refractivity contribution in [1.29, 1.82) is 0 Å². The molecule has 2 aliphatic rings. The van der Waals surface area contributed by atoms with E-state index in [4.69, 9.17) is 25.8 Å². The average Bonchev–Trinajstić information content (AvgIpc) is 2.80. The molecule has 1 fully saturated rings. The SMILES string of the molecule is O=C(Cc1cc(Cl)c2c(c1)OCCO2)NCC(c1ccc(C(F)(F)F)cc1)N1CCOCC1. The second kappa shape index (κ2) is 10.2. The topological polar surface area (TPSA) is 60.0 Å². The first-order valence-electron chi connectivity index (χ1n) is 10.6. The van der Waals surface area contributed by atoms with Gasteiger partial charge in [-0.3, -0.25) is 9.69 Å². The summed E-state index contributed by atoms with van der Waals surface area (Å²) in [7, 11) is 0. The molecule has 178 valence electrons. The Labute approximate surface area is 194 Å². The fraction of sp³-hybridized carbons (Fsp3) is 0.435. The number of carbonyl (C=O) groups is 1. The number of alkyl halides is 3. The van der Waals surface area contributed by atoms with E-state index in [1.165, 1.54) is 12.1 Å². The number of rotatable bonds is 6. The highest BCUT2D eigenvalue weighted by atomic mass is 35.5. The standard InChI is InChI=1S/C23H24ClF3N2O4/c24-18-11-15(12-20-22(18)33-10-9-32-20)13-21(30)28-14-19(29-5-7-31-8-6-29)16-1-3-17(4-2-16)23(25,26)27/h1-4,11-12,19H,5-10,13-14H2,(H,28,30). The van der Waals surface area contributed by atoms with E-state index in [2.05, 4.69) is 10.2 Å². The van der Waals surface area contributed by atoms with E-state index in [1.807, 2.05) is 0 Å². The van der Waals surface area contributed by atoms with Crippen molar-refractivity contribution in [3.05, 3.63) is 58.1 Å². The van der Waals surface area contributed by atoms with Crippen LogP contribution in [0.3, 0.4) is 0 Å². The summed E-state index contributed by atoms with van der Waals surface area (Å²) >= 11 is 6.25. The first kappa shape index (κ1) is 23.7. The van der Waals surface area contributed by atoms with Gasteiger partial charge in [0, 0.05) is 19.6 Å². The summed E-state index contributed by atoms with van der Waals surface area (Å²) in [6.45, 7) is 3.38. The molecular weight excluding hydrogens is 461 g/mol. The largest absolute Gasteiger partial charge is 0.486 e. The molecule has 0 radical (unpaired) electrons. The maximum atomic E-state index is 13.0. The van der Waals surface area contributed by atoms with Crippen LogP contribution in [0.4, 0.5) is 13.2 Å². The van der Waals surface area contributed by atoms with Crippen LogP contribution in [-0.2, 0) is 22.1 Å². The smallest absolute Gasteiger partial charge is 0.416 e. The molecule has 10 heteroatoms. The van der Waals surface area contributed by atoms with Gasteiger partial charge in [0.25, 0.3) is 0 Å². The van der Waals surface area contributed by atoms with Gasteiger partial charge in [0.05, 0.1) is 36.3 Å². The van der Waals surface area contributed by atoms with Gasteiger partial charge in [-0.25, -0.2) is 0 Å². The van der Waals surface area contributed by atoms with E-state index >= 15 is 0 Å². The van der Waals surface area contributed by atoms with Gasteiger partial charge in [0.15, 0.2) is 11.5 Å². The predicted octanol–water partition coefficient (Wildman–Crippen LogP) is 3.86. The zero-order valence-electron chi connectivity index (χ0n) is 17.8. The first-order valence-corrected chi connectivity index (χ1v) is 11.0. The minimum Gasteiger partial charge on any atom is -0.486 e. The van der Waals surface area contributed by atoms with E-state index in [-0.39, 0.29) is 24.9 Å². The molecule has 33 heavy (non-hydrogen) atoms. The fourth-order valence-electron chi connectivity index (χ4n) is 3.97. The zero-order chi connectivity index (χ0) is 23.4. The highest BCUT2D eigenvalue weighted by Crippen LogP contribution is 2.38. The molecule has 0 aliphatic carbocycles. The highest BCUT2D eigenvalue weighted by molar-refractivity contribution is 6.32. The second-order valence-electron chi connectivity index (χ2n) is 7.87. The van der Waals surface area contributed by atoms with Gasteiger partial charge in [0.1, 0.15) is 13.2 Å². The Bertz CT molecular complexity index is 979. The average molecular weight is 485 g/mol. The maximum absolute atomic E-state index is 13.0. The van der Waals surface area contributed by atoms with Gasteiger partial charge in [-0.2, -0.15) is 13.2 Å². The first-order chi connectivity index (χ1) is 15.8. The quantitative estimate of drug-likeness (QED) is 0.674. The van der Waals surface area contributed by atoms with Crippen LogP contribution in [0.5, 0.6) is 11.5 Å². The van der Waals surface area contributed by atoms with Crippen molar-refractivity contribution in [2.75, 3.05) is 46.1 Å². The lowest BCUT2D eigenvalue weighted by molar-refractivity contribution is -0.137. The normalized spacial score (nSPS) is 17.5. The van der Waals surface area contributed by atoms with E-state index in [1.54, 1.807) is 12.1 Å². The Hall–Kier alpha value is -2.49. The molecule has 2 heterocycles. The van der Waals surface area contributed by atoms with Crippen LogP contribution in [0.2, 0.25) is 5.02 Å². The number of benzene rings is 2. The van der Waals surface area contributed by atoms with Crippen molar-refractivity contribution in [3.63, 3.8) is 0 Å². The molecule has 4 rings (SSSR count). The van der Waals surface area contributed by atoms with E-state index in [0.29, 0.717) is 67.2 Å². The molecule has 0 bridgehead atoms. The molecule has 1 saturated heterocycles. The number of morpholine rings is 1. The lowest BCUT2D eigenvalue weighted by atomic mass is 10.0. The maximum Gasteiger partial charge on any atom is 0.416 e. The molecular formula is C23H24ClF3N2O4. The monoisotopic (exact) mass is 484 g/mol. The van der Waals surface area contributed by atoms with Gasteiger partial charge in [-0.15, -0.1) is 0 Å². The van der Waals surface area contributed by atoms with Crippen molar-refractivity contribution in [3.8, 4) is 11.5 Å². The lowest BCUT2D eigenvalue weighted by Gasteiger charge is -2.35. The third kappa shape index (κ3) is 5.90. The summed E-state index contributed by atoms with van der Waals surface area (Å²) in [4.78, 5) is 14.8. The summed E-state index contributed by atoms with van der Waals surface area (Å²) < 4.78 is 55.3. The molecule has 2 aromatic rings. The number of ether oxygens (including phenoxy) is 3. The number of nitrogens with zero attached hydrogens (tertiary/aromatic N) is 1. The minimum absolute atomic E-state index is 0.0825. The van der Waals surface area contributed by atoms with Crippen molar-refractivity contribution >= 4 is 17.5 Å². The van der Waals surface area contributed by atoms with Crippen LogP contribution in [0.15, 0.2) is 36.4 Å². The molecule has 0 spiro atoms. The Balaban J connectivity index is 1.44. The fourth-order valence-corrected chi connectivity index (χ4v) is 4.25. The van der Waals surface area contributed by atoms with Crippen molar-refractivity contribution < 1.29 is 32.2 Å². The molecule has 1 atom stereocenters. The molecule has 6 nitrogen and oxygen atoms in total. The van der Waals surface area contributed by atoms with Crippen molar-refractivity contribution in [2.24, 2.45) is 0 Å². The molecule has 2 aliphatic heterocycles. The molecule has 1 amide bonds. The molecule has 2 aromatic carbocycles. The van der Waals surface area contributed by atoms with E-state index in [9.17, 15) is 18.0 Å². The van der Waals surface area contributed by atoms with Gasteiger partial charge in [-0.1, -0.05) is 23.7 Å². The number of amides is 1. The van der Waals surface area contributed by atoms with E-state index in [0.717, 1.165) is 12.1 Å². The molecule has 0 aromatic heterocycles.